The van der Waals surface area contributed by atoms with Crippen molar-refractivity contribution in [1.29, 1.82) is 5.26 Å². The van der Waals surface area contributed by atoms with E-state index in [2.05, 4.69) is 0 Å². The summed E-state index contributed by atoms with van der Waals surface area (Å²) in [5.41, 5.74) is 0.781. The maximum absolute atomic E-state index is 12.6. The van der Waals surface area contributed by atoms with Gasteiger partial charge in [0.05, 0.1) is 11.1 Å². The highest BCUT2D eigenvalue weighted by molar-refractivity contribution is 5.49. The number of hydrogen-bond donors (Lipinski definition) is 0. The highest BCUT2D eigenvalue weighted by Crippen LogP contribution is 2.34. The van der Waals surface area contributed by atoms with Gasteiger partial charge in [-0.25, -0.2) is 0 Å². The van der Waals surface area contributed by atoms with E-state index >= 15 is 0 Å². The fourth-order valence-corrected chi connectivity index (χ4v) is 1.82. The van der Waals surface area contributed by atoms with Crippen molar-refractivity contribution in [2.24, 2.45) is 0 Å². The lowest BCUT2D eigenvalue weighted by atomic mass is 10.1. The Bertz CT molecular complexity index is 714. The molecule has 0 aliphatic rings. The molecule has 0 saturated carbocycles. The van der Waals surface area contributed by atoms with Crippen molar-refractivity contribution in [2.75, 3.05) is 0 Å². The highest BCUT2D eigenvalue weighted by atomic mass is 19.4. The molecular weight excluding hydrogens is 279 g/mol. The van der Waals surface area contributed by atoms with Crippen LogP contribution in [0.5, 0.6) is 11.5 Å². The third-order valence-electron chi connectivity index (χ3n) is 2.99. The summed E-state index contributed by atoms with van der Waals surface area (Å²) in [6.45, 7) is 3.70. The number of halogens is 3. The summed E-state index contributed by atoms with van der Waals surface area (Å²) in [7, 11) is 0. The zero-order valence-corrected chi connectivity index (χ0v) is 11.5. The topological polar surface area (TPSA) is 33.0 Å². The van der Waals surface area contributed by atoms with Gasteiger partial charge in [-0.15, -0.1) is 0 Å². The number of nitrogens with zero attached hydrogens (tertiary/aromatic N) is 1. The van der Waals surface area contributed by atoms with Crippen LogP contribution in [0.3, 0.4) is 0 Å². The molecule has 0 aliphatic heterocycles. The average Bonchev–Trinajstić information content (AvgIpc) is 2.42. The molecule has 0 spiro atoms. The van der Waals surface area contributed by atoms with Gasteiger partial charge in [0.1, 0.15) is 17.6 Å². The number of hydrogen-bond acceptors (Lipinski definition) is 2. The van der Waals surface area contributed by atoms with E-state index in [1.54, 1.807) is 12.1 Å². The number of alkyl halides is 3. The van der Waals surface area contributed by atoms with E-state index in [1.165, 1.54) is 6.07 Å². The van der Waals surface area contributed by atoms with Gasteiger partial charge < -0.3 is 4.74 Å². The van der Waals surface area contributed by atoms with Gasteiger partial charge in [-0.2, -0.15) is 18.4 Å². The van der Waals surface area contributed by atoms with Crippen LogP contribution in [0.4, 0.5) is 13.2 Å². The quantitative estimate of drug-likeness (QED) is 0.781. The molecule has 0 fully saturated rings. The van der Waals surface area contributed by atoms with Crippen molar-refractivity contribution in [3.8, 4) is 17.6 Å². The summed E-state index contributed by atoms with van der Waals surface area (Å²) in [6.07, 6.45) is -4.48. The second-order valence-corrected chi connectivity index (χ2v) is 4.69. The molecule has 0 bridgehead atoms. The molecule has 0 aliphatic carbocycles. The third kappa shape index (κ3) is 3.34. The van der Waals surface area contributed by atoms with Crippen LogP contribution in [0.15, 0.2) is 36.4 Å². The summed E-state index contributed by atoms with van der Waals surface area (Å²) < 4.78 is 43.5. The molecule has 108 valence electrons. The largest absolute Gasteiger partial charge is 0.456 e. The molecule has 0 amide bonds. The second-order valence-electron chi connectivity index (χ2n) is 4.69. The lowest BCUT2D eigenvalue weighted by Gasteiger charge is -2.13. The van der Waals surface area contributed by atoms with Gasteiger partial charge in [0.15, 0.2) is 0 Å². The number of benzene rings is 2. The maximum atomic E-state index is 12.6. The Morgan fingerprint density at radius 1 is 1.00 bits per heavy atom. The highest BCUT2D eigenvalue weighted by Gasteiger charge is 2.31. The molecule has 2 rings (SSSR count). The Labute approximate surface area is 120 Å². The fourth-order valence-electron chi connectivity index (χ4n) is 1.82. The van der Waals surface area contributed by atoms with Gasteiger partial charge in [-0.05, 0) is 49.2 Å². The Morgan fingerprint density at radius 2 is 1.71 bits per heavy atom. The van der Waals surface area contributed by atoms with Crippen LogP contribution in [0.1, 0.15) is 22.3 Å². The average molecular weight is 291 g/mol. The number of rotatable bonds is 2. The molecule has 2 aromatic carbocycles. The molecule has 0 N–H and O–H groups in total. The molecular formula is C16H12F3NO. The standard InChI is InChI=1S/C16H12F3NO/c1-10-3-4-11(2)15(7-10)21-14-6-5-13(16(17,18)19)8-12(14)9-20/h3-8H,1-2H3. The third-order valence-corrected chi connectivity index (χ3v) is 2.99. The van der Waals surface area contributed by atoms with Crippen LogP contribution >= 0.6 is 0 Å². The smallest absolute Gasteiger partial charge is 0.416 e. The Morgan fingerprint density at radius 3 is 2.33 bits per heavy atom. The van der Waals surface area contributed by atoms with Gasteiger partial charge >= 0.3 is 6.18 Å². The molecule has 0 saturated heterocycles. The number of ether oxygens (including phenoxy) is 1. The molecule has 2 nitrogen and oxygen atoms in total. The number of aryl methyl sites for hydroxylation is 2. The molecule has 5 heteroatoms. The molecule has 0 atom stereocenters. The van der Waals surface area contributed by atoms with Crippen molar-refractivity contribution < 1.29 is 17.9 Å². The summed E-state index contributed by atoms with van der Waals surface area (Å²) in [5, 5.41) is 9.01. The zero-order valence-electron chi connectivity index (χ0n) is 11.5. The molecule has 21 heavy (non-hydrogen) atoms. The van der Waals surface area contributed by atoms with E-state index in [0.29, 0.717) is 5.75 Å². The zero-order chi connectivity index (χ0) is 15.6. The van der Waals surface area contributed by atoms with Crippen LogP contribution in [0.25, 0.3) is 0 Å². The van der Waals surface area contributed by atoms with Crippen LogP contribution in [-0.2, 0) is 6.18 Å². The first kappa shape index (κ1) is 14.9. The molecule has 0 radical (unpaired) electrons. The van der Waals surface area contributed by atoms with Gasteiger partial charge in [-0.1, -0.05) is 12.1 Å². The van der Waals surface area contributed by atoms with E-state index in [0.717, 1.165) is 23.3 Å². The number of nitriles is 1. The van der Waals surface area contributed by atoms with E-state index in [-0.39, 0.29) is 11.3 Å². The van der Waals surface area contributed by atoms with Gasteiger partial charge in [0.2, 0.25) is 0 Å². The molecule has 0 unspecified atom stereocenters. The first-order chi connectivity index (χ1) is 9.81. The van der Waals surface area contributed by atoms with Gasteiger partial charge in [0.25, 0.3) is 0 Å². The summed E-state index contributed by atoms with van der Waals surface area (Å²) in [6, 6.07) is 10.1. The second kappa shape index (κ2) is 5.49. The minimum atomic E-state index is -4.48. The SMILES string of the molecule is Cc1ccc(C)c(Oc2ccc(C(F)(F)F)cc2C#N)c1. The molecule has 2 aromatic rings. The van der Waals surface area contributed by atoms with Crippen molar-refractivity contribution in [3.63, 3.8) is 0 Å². The van der Waals surface area contributed by atoms with E-state index in [9.17, 15) is 13.2 Å². The minimum Gasteiger partial charge on any atom is -0.456 e. The Balaban J connectivity index is 2.41. The first-order valence-electron chi connectivity index (χ1n) is 6.17. The summed E-state index contributed by atoms with van der Waals surface area (Å²) in [4.78, 5) is 0. The lowest BCUT2D eigenvalue weighted by Crippen LogP contribution is -2.05. The first-order valence-corrected chi connectivity index (χ1v) is 6.17. The maximum Gasteiger partial charge on any atom is 0.416 e. The molecule has 0 heterocycles. The summed E-state index contributed by atoms with van der Waals surface area (Å²) in [5.74, 6) is 0.630. The monoisotopic (exact) mass is 291 g/mol. The van der Waals surface area contributed by atoms with Crippen molar-refractivity contribution in [1.82, 2.24) is 0 Å². The van der Waals surface area contributed by atoms with E-state index < -0.39 is 11.7 Å². The van der Waals surface area contributed by atoms with Crippen LogP contribution in [-0.4, -0.2) is 0 Å². The normalized spacial score (nSPS) is 11.0. The van der Waals surface area contributed by atoms with Gasteiger partial charge in [-0.3, -0.25) is 0 Å². The lowest BCUT2D eigenvalue weighted by molar-refractivity contribution is -0.137. The van der Waals surface area contributed by atoms with Gasteiger partial charge in [0, 0.05) is 0 Å². The Hall–Kier alpha value is -2.48. The Kier molecular flexibility index (Phi) is 3.90. The summed E-state index contributed by atoms with van der Waals surface area (Å²) >= 11 is 0. The molecule has 0 aromatic heterocycles. The van der Waals surface area contributed by atoms with Crippen molar-refractivity contribution in [3.05, 3.63) is 58.7 Å². The van der Waals surface area contributed by atoms with Crippen molar-refractivity contribution >= 4 is 0 Å². The predicted octanol–water partition coefficient (Wildman–Crippen LogP) is 4.99. The van der Waals surface area contributed by atoms with Crippen LogP contribution < -0.4 is 4.74 Å². The predicted molar refractivity (Wildman–Crippen MR) is 72.1 cm³/mol. The van der Waals surface area contributed by atoms with Crippen molar-refractivity contribution in [2.45, 2.75) is 20.0 Å². The van der Waals surface area contributed by atoms with Crippen LogP contribution in [0, 0.1) is 25.2 Å². The van der Waals surface area contributed by atoms with E-state index in [4.69, 9.17) is 10.00 Å². The van der Waals surface area contributed by atoms with Crippen LogP contribution in [0.2, 0.25) is 0 Å². The minimum absolute atomic E-state index is 0.110. The van der Waals surface area contributed by atoms with E-state index in [1.807, 2.05) is 26.0 Å². The fraction of sp³-hybridized carbons (Fsp3) is 0.188.